The summed E-state index contributed by atoms with van der Waals surface area (Å²) in [7, 11) is 0. The normalized spacial score (nSPS) is 16.5. The number of nitrogens with zero attached hydrogens (tertiary/aromatic N) is 5. The highest BCUT2D eigenvalue weighted by Crippen LogP contribution is 2.30. The smallest absolute Gasteiger partial charge is 0.340 e. The number of anilines is 1. The lowest BCUT2D eigenvalue weighted by Gasteiger charge is -2.32. The zero-order valence-electron chi connectivity index (χ0n) is 24.2. The molecule has 2 N–H and O–H groups in total. The van der Waals surface area contributed by atoms with Crippen LogP contribution in [-0.4, -0.2) is 63.3 Å². The summed E-state index contributed by atoms with van der Waals surface area (Å²) in [6.45, 7) is 5.10. The van der Waals surface area contributed by atoms with Gasteiger partial charge in [0.2, 0.25) is 5.95 Å². The first-order valence-electron chi connectivity index (χ1n) is 14.5. The molecule has 2 aliphatic heterocycles. The third kappa shape index (κ3) is 6.61. The Kier molecular flexibility index (Phi) is 8.89. The van der Waals surface area contributed by atoms with Crippen LogP contribution in [0.5, 0.6) is 0 Å². The number of ether oxygens (including phenoxy) is 1. The fourth-order valence-corrected chi connectivity index (χ4v) is 6.09. The molecule has 3 aromatic heterocycles. The molecule has 0 aliphatic carbocycles. The van der Waals surface area contributed by atoms with Gasteiger partial charge in [-0.3, -0.25) is 24.9 Å². The van der Waals surface area contributed by atoms with Crippen LogP contribution >= 0.6 is 11.8 Å². The van der Waals surface area contributed by atoms with Gasteiger partial charge in [0.05, 0.1) is 28.5 Å². The third-order valence-corrected chi connectivity index (χ3v) is 8.43. The maximum Gasteiger partial charge on any atom is 0.340 e. The summed E-state index contributed by atoms with van der Waals surface area (Å²) >= 11 is 0.872. The van der Waals surface area contributed by atoms with Crippen LogP contribution in [0.1, 0.15) is 41.4 Å². The van der Waals surface area contributed by atoms with Crippen LogP contribution in [0.2, 0.25) is 0 Å². The number of rotatable bonds is 9. The standard InChI is InChI=1S/C32H31N7O4S/c1-2-43-30(41)26-14-21(18-36-28(26)25-5-3-4-22-19-33-10-7-24(22)25)17-34-16-20-8-12-39(13-9-20)31-35-11-6-23(37-31)15-27-29(40)38-32(42)44-27/h3-7,10-11,14-15,18-20,34H,2,8-9,12-13,16-17H2,1H3,(H,38,40,42)/b27-15-. The lowest BCUT2D eigenvalue weighted by Crippen LogP contribution is -2.38. The summed E-state index contributed by atoms with van der Waals surface area (Å²) in [5.74, 6) is 0.291. The fraction of sp³-hybridized carbons (Fsp3) is 0.281. The number of amides is 2. The van der Waals surface area contributed by atoms with Crippen LogP contribution in [0.4, 0.5) is 10.7 Å². The van der Waals surface area contributed by atoms with Crippen LogP contribution in [-0.2, 0) is 16.1 Å². The number of carbonyl (C=O) groups excluding carboxylic acids is 3. The highest BCUT2D eigenvalue weighted by Gasteiger charge is 2.26. The van der Waals surface area contributed by atoms with Gasteiger partial charge in [0, 0.05) is 55.4 Å². The molecular formula is C32H31N7O4S. The molecular weight excluding hydrogens is 578 g/mol. The van der Waals surface area contributed by atoms with Crippen molar-refractivity contribution < 1.29 is 19.1 Å². The molecule has 11 nitrogen and oxygen atoms in total. The quantitative estimate of drug-likeness (QED) is 0.203. The minimum Gasteiger partial charge on any atom is -0.462 e. The molecule has 224 valence electrons. The largest absolute Gasteiger partial charge is 0.462 e. The van der Waals surface area contributed by atoms with E-state index < -0.39 is 11.9 Å². The lowest BCUT2D eigenvalue weighted by molar-refractivity contribution is -0.115. The first-order chi connectivity index (χ1) is 21.5. The van der Waals surface area contributed by atoms with E-state index in [-0.39, 0.29) is 11.8 Å². The van der Waals surface area contributed by atoms with Gasteiger partial charge in [0.1, 0.15) is 0 Å². The first-order valence-corrected chi connectivity index (χ1v) is 15.3. The van der Waals surface area contributed by atoms with Crippen molar-refractivity contribution in [1.29, 1.82) is 0 Å². The molecule has 2 fully saturated rings. The molecule has 12 heteroatoms. The van der Waals surface area contributed by atoms with Gasteiger partial charge in [-0.25, -0.2) is 14.8 Å². The highest BCUT2D eigenvalue weighted by atomic mass is 32.2. The summed E-state index contributed by atoms with van der Waals surface area (Å²) in [5.41, 5.74) is 3.40. The van der Waals surface area contributed by atoms with E-state index >= 15 is 0 Å². The molecule has 44 heavy (non-hydrogen) atoms. The minimum atomic E-state index is -0.403. The zero-order chi connectivity index (χ0) is 30.5. The molecule has 6 rings (SSSR count). The number of thioether (sulfide) groups is 1. The topological polar surface area (TPSA) is 139 Å². The van der Waals surface area contributed by atoms with E-state index in [1.54, 1.807) is 37.7 Å². The maximum atomic E-state index is 13.0. The van der Waals surface area contributed by atoms with Gasteiger partial charge in [-0.05, 0) is 79.2 Å². The third-order valence-electron chi connectivity index (χ3n) is 7.62. The van der Waals surface area contributed by atoms with Crippen molar-refractivity contribution in [1.82, 2.24) is 30.6 Å². The van der Waals surface area contributed by atoms with Crippen molar-refractivity contribution in [3.8, 4) is 11.3 Å². The van der Waals surface area contributed by atoms with Crippen LogP contribution in [0.25, 0.3) is 28.1 Å². The molecule has 2 saturated heterocycles. The van der Waals surface area contributed by atoms with E-state index in [0.717, 1.165) is 66.1 Å². The summed E-state index contributed by atoms with van der Waals surface area (Å²) in [6, 6.07) is 11.4. The Balaban J connectivity index is 1.07. The second kappa shape index (κ2) is 13.3. The number of esters is 1. The van der Waals surface area contributed by atoms with E-state index in [0.29, 0.717) is 40.3 Å². The molecule has 0 atom stereocenters. The van der Waals surface area contributed by atoms with Gasteiger partial charge >= 0.3 is 5.97 Å². The van der Waals surface area contributed by atoms with Crippen molar-refractivity contribution in [2.45, 2.75) is 26.3 Å². The summed E-state index contributed by atoms with van der Waals surface area (Å²) < 4.78 is 5.39. The summed E-state index contributed by atoms with van der Waals surface area (Å²) in [5, 5.41) is 7.38. The van der Waals surface area contributed by atoms with Gasteiger partial charge in [0.15, 0.2) is 0 Å². The Bertz CT molecular complexity index is 1750. The van der Waals surface area contributed by atoms with Crippen LogP contribution in [0.15, 0.2) is 66.1 Å². The number of pyridine rings is 2. The Morgan fingerprint density at radius 3 is 2.80 bits per heavy atom. The number of benzene rings is 1. The van der Waals surface area contributed by atoms with Gasteiger partial charge < -0.3 is 15.0 Å². The van der Waals surface area contributed by atoms with Crippen molar-refractivity contribution in [3.05, 3.63) is 82.9 Å². The zero-order valence-corrected chi connectivity index (χ0v) is 25.0. The number of fused-ring (bicyclic) bond motifs is 1. The Morgan fingerprint density at radius 1 is 1.14 bits per heavy atom. The number of hydrogen-bond acceptors (Lipinski definition) is 11. The van der Waals surface area contributed by atoms with Crippen molar-refractivity contribution in [3.63, 3.8) is 0 Å². The molecule has 0 saturated carbocycles. The van der Waals surface area contributed by atoms with Crippen molar-refractivity contribution in [2.75, 3.05) is 31.1 Å². The van der Waals surface area contributed by atoms with Crippen LogP contribution < -0.4 is 15.5 Å². The highest BCUT2D eigenvalue weighted by molar-refractivity contribution is 8.18. The molecule has 1 aromatic carbocycles. The van der Waals surface area contributed by atoms with E-state index in [2.05, 4.69) is 30.5 Å². The molecule has 4 aromatic rings. The molecule has 0 radical (unpaired) electrons. The van der Waals surface area contributed by atoms with Gasteiger partial charge in [0.25, 0.3) is 11.1 Å². The van der Waals surface area contributed by atoms with Gasteiger partial charge in [-0.15, -0.1) is 0 Å². The number of carbonyl (C=O) groups is 3. The molecule has 0 unspecified atom stereocenters. The number of hydrogen-bond donors (Lipinski definition) is 2. The molecule has 5 heterocycles. The summed E-state index contributed by atoms with van der Waals surface area (Å²) in [6.07, 6.45) is 10.6. The first kappa shape index (κ1) is 29.4. The van der Waals surface area contributed by atoms with Crippen LogP contribution in [0, 0.1) is 5.92 Å². The van der Waals surface area contributed by atoms with Crippen molar-refractivity contribution in [2.24, 2.45) is 5.92 Å². The average molecular weight is 610 g/mol. The van der Waals surface area contributed by atoms with E-state index in [9.17, 15) is 14.4 Å². The Labute approximate surface area is 258 Å². The predicted molar refractivity (Wildman–Crippen MR) is 169 cm³/mol. The second-order valence-electron chi connectivity index (χ2n) is 10.6. The van der Waals surface area contributed by atoms with Gasteiger partial charge in [-0.2, -0.15) is 0 Å². The second-order valence-corrected chi connectivity index (χ2v) is 11.6. The van der Waals surface area contributed by atoms with Gasteiger partial charge in [-0.1, -0.05) is 18.2 Å². The molecule has 0 bridgehead atoms. The number of imide groups is 1. The predicted octanol–water partition coefficient (Wildman–Crippen LogP) is 4.59. The number of nitrogens with one attached hydrogen (secondary N) is 2. The lowest BCUT2D eigenvalue weighted by atomic mass is 9.96. The molecule has 2 aliphatic rings. The Hall–Kier alpha value is -4.68. The number of aromatic nitrogens is 4. The van der Waals surface area contributed by atoms with E-state index in [1.165, 1.54) is 0 Å². The SMILES string of the molecule is CCOC(=O)c1cc(CNCC2CCN(c3nccc(/C=C4\SC(=O)NC4=O)n3)CC2)cnc1-c1cccc2cnccc12. The Morgan fingerprint density at radius 2 is 2.00 bits per heavy atom. The molecule has 2 amide bonds. The number of piperidine rings is 1. The fourth-order valence-electron chi connectivity index (χ4n) is 5.42. The van der Waals surface area contributed by atoms with Crippen LogP contribution in [0.3, 0.4) is 0 Å². The summed E-state index contributed by atoms with van der Waals surface area (Å²) in [4.78, 5) is 56.7. The van der Waals surface area contributed by atoms with E-state index in [1.807, 2.05) is 36.5 Å². The van der Waals surface area contributed by atoms with Crippen molar-refractivity contribution >= 4 is 51.7 Å². The average Bonchev–Trinajstić information content (AvgIpc) is 3.37. The monoisotopic (exact) mass is 609 g/mol. The molecule has 0 spiro atoms. The van der Waals surface area contributed by atoms with E-state index in [4.69, 9.17) is 9.72 Å². The maximum absolute atomic E-state index is 13.0. The minimum absolute atomic E-state index is 0.281.